The molecule has 4 nitrogen and oxygen atoms in total. The maximum Gasteiger partial charge on any atom is 0.273 e. The molecule has 0 radical (unpaired) electrons. The van der Waals surface area contributed by atoms with E-state index in [2.05, 4.69) is 4.98 Å². The lowest BCUT2D eigenvalue weighted by Gasteiger charge is -2.09. The van der Waals surface area contributed by atoms with Gasteiger partial charge in [0, 0.05) is 11.4 Å². The average molecular weight is 239 g/mol. The standard InChI is InChI=1S/C14H13N3O/c1-10-8-11(2)16-13(15-10)9-14(18)17(16)12-6-4-3-5-7-12/h3-9H,1-2H3. The van der Waals surface area contributed by atoms with Crippen molar-refractivity contribution in [2.75, 3.05) is 0 Å². The van der Waals surface area contributed by atoms with E-state index >= 15 is 0 Å². The summed E-state index contributed by atoms with van der Waals surface area (Å²) in [6.07, 6.45) is 0. The molecule has 0 aliphatic heterocycles. The molecule has 0 amide bonds. The SMILES string of the molecule is Cc1cc(C)n2c(cc(=O)n2-c2ccccc2)n1. The minimum absolute atomic E-state index is 0.0672. The van der Waals surface area contributed by atoms with Crippen molar-refractivity contribution in [2.24, 2.45) is 0 Å². The van der Waals surface area contributed by atoms with Crippen molar-refractivity contribution in [2.45, 2.75) is 13.8 Å². The molecule has 3 rings (SSSR count). The fourth-order valence-corrected chi connectivity index (χ4v) is 2.24. The molecule has 3 aromatic rings. The maximum absolute atomic E-state index is 12.1. The van der Waals surface area contributed by atoms with Crippen LogP contribution in [0.5, 0.6) is 0 Å². The molecule has 0 saturated carbocycles. The number of aromatic nitrogens is 3. The van der Waals surface area contributed by atoms with Gasteiger partial charge in [0.25, 0.3) is 5.56 Å². The summed E-state index contributed by atoms with van der Waals surface area (Å²) in [4.78, 5) is 16.5. The van der Waals surface area contributed by atoms with Crippen LogP contribution in [-0.4, -0.2) is 14.2 Å². The van der Waals surface area contributed by atoms with Gasteiger partial charge in [-0.25, -0.2) is 14.2 Å². The van der Waals surface area contributed by atoms with Crippen LogP contribution in [0.15, 0.2) is 47.3 Å². The van der Waals surface area contributed by atoms with E-state index in [0.29, 0.717) is 5.65 Å². The van der Waals surface area contributed by atoms with Crippen molar-refractivity contribution in [1.29, 1.82) is 0 Å². The minimum atomic E-state index is -0.0672. The van der Waals surface area contributed by atoms with Gasteiger partial charge in [0.2, 0.25) is 0 Å². The Bertz CT molecular complexity index is 769. The first-order valence-electron chi connectivity index (χ1n) is 5.81. The Morgan fingerprint density at radius 2 is 1.78 bits per heavy atom. The number of benzene rings is 1. The van der Waals surface area contributed by atoms with Crippen LogP contribution in [0.25, 0.3) is 11.3 Å². The number of fused-ring (bicyclic) bond motifs is 1. The maximum atomic E-state index is 12.1. The molecule has 0 fully saturated rings. The van der Waals surface area contributed by atoms with Crippen LogP contribution in [0.2, 0.25) is 0 Å². The molecule has 18 heavy (non-hydrogen) atoms. The van der Waals surface area contributed by atoms with Gasteiger partial charge in [0.05, 0.1) is 11.8 Å². The van der Waals surface area contributed by atoms with Gasteiger partial charge < -0.3 is 0 Å². The van der Waals surface area contributed by atoms with Gasteiger partial charge in [-0.05, 0) is 32.0 Å². The molecule has 2 heterocycles. The van der Waals surface area contributed by atoms with Gasteiger partial charge >= 0.3 is 0 Å². The largest absolute Gasteiger partial charge is 0.273 e. The van der Waals surface area contributed by atoms with Gasteiger partial charge in [-0.15, -0.1) is 0 Å². The topological polar surface area (TPSA) is 39.3 Å². The summed E-state index contributed by atoms with van der Waals surface area (Å²) in [5.74, 6) is 0. The Morgan fingerprint density at radius 1 is 1.06 bits per heavy atom. The lowest BCUT2D eigenvalue weighted by atomic mass is 10.3. The number of para-hydroxylation sites is 1. The van der Waals surface area contributed by atoms with Gasteiger partial charge in [-0.2, -0.15) is 0 Å². The highest BCUT2D eigenvalue weighted by Crippen LogP contribution is 2.10. The Kier molecular flexibility index (Phi) is 2.30. The van der Waals surface area contributed by atoms with Gasteiger partial charge in [0.1, 0.15) is 0 Å². The zero-order chi connectivity index (χ0) is 12.7. The van der Waals surface area contributed by atoms with Crippen LogP contribution in [0.3, 0.4) is 0 Å². The zero-order valence-corrected chi connectivity index (χ0v) is 10.3. The number of hydrogen-bond acceptors (Lipinski definition) is 2. The molecule has 0 N–H and O–H groups in total. The van der Waals surface area contributed by atoms with Gasteiger partial charge in [0.15, 0.2) is 5.65 Å². The number of hydrogen-bond donors (Lipinski definition) is 0. The van der Waals surface area contributed by atoms with Crippen molar-refractivity contribution in [3.05, 3.63) is 64.2 Å². The monoisotopic (exact) mass is 239 g/mol. The molecular weight excluding hydrogens is 226 g/mol. The van der Waals surface area contributed by atoms with Crippen molar-refractivity contribution in [3.8, 4) is 5.69 Å². The molecule has 90 valence electrons. The lowest BCUT2D eigenvalue weighted by molar-refractivity contribution is 0.741. The van der Waals surface area contributed by atoms with Crippen LogP contribution < -0.4 is 5.56 Å². The highest BCUT2D eigenvalue weighted by atomic mass is 16.1. The third kappa shape index (κ3) is 1.54. The van der Waals surface area contributed by atoms with E-state index in [0.717, 1.165) is 17.1 Å². The Hall–Kier alpha value is -2.36. The lowest BCUT2D eigenvalue weighted by Crippen LogP contribution is -2.18. The molecule has 0 bridgehead atoms. The number of nitrogens with zero attached hydrogens (tertiary/aromatic N) is 3. The molecule has 0 saturated heterocycles. The van der Waals surface area contributed by atoms with Crippen LogP contribution in [0.4, 0.5) is 0 Å². The fraction of sp³-hybridized carbons (Fsp3) is 0.143. The minimum Gasteiger partial charge on any atom is -0.267 e. The first-order valence-corrected chi connectivity index (χ1v) is 5.81. The van der Waals surface area contributed by atoms with Gasteiger partial charge in [-0.1, -0.05) is 18.2 Å². The van der Waals surface area contributed by atoms with Crippen molar-refractivity contribution in [1.82, 2.24) is 14.2 Å². The predicted octanol–water partition coefficient (Wildman–Crippen LogP) is 2.10. The van der Waals surface area contributed by atoms with Crippen molar-refractivity contribution in [3.63, 3.8) is 0 Å². The summed E-state index contributed by atoms with van der Waals surface area (Å²) in [6, 6.07) is 13.1. The fourth-order valence-electron chi connectivity index (χ4n) is 2.24. The van der Waals surface area contributed by atoms with E-state index in [4.69, 9.17) is 0 Å². The van der Waals surface area contributed by atoms with Crippen molar-refractivity contribution < 1.29 is 0 Å². The molecule has 0 aliphatic rings. The normalized spacial score (nSPS) is 11.0. The van der Waals surface area contributed by atoms with Crippen LogP contribution in [0, 0.1) is 13.8 Å². The molecule has 0 atom stereocenters. The molecule has 0 spiro atoms. The van der Waals surface area contributed by atoms with E-state index in [1.54, 1.807) is 10.7 Å². The molecular formula is C14H13N3O. The molecule has 4 heteroatoms. The number of aryl methyl sites for hydroxylation is 2. The van der Waals surface area contributed by atoms with Crippen molar-refractivity contribution >= 4 is 5.65 Å². The second-order valence-electron chi connectivity index (χ2n) is 4.34. The highest BCUT2D eigenvalue weighted by molar-refractivity contribution is 5.43. The first kappa shape index (κ1) is 10.8. The summed E-state index contributed by atoms with van der Waals surface area (Å²) in [5, 5.41) is 0. The second kappa shape index (κ2) is 3.84. The highest BCUT2D eigenvalue weighted by Gasteiger charge is 2.10. The Morgan fingerprint density at radius 3 is 2.50 bits per heavy atom. The first-order chi connectivity index (χ1) is 8.66. The Balaban J connectivity index is 2.44. The zero-order valence-electron chi connectivity index (χ0n) is 10.3. The molecule has 0 aliphatic carbocycles. The smallest absolute Gasteiger partial charge is 0.267 e. The molecule has 2 aromatic heterocycles. The third-order valence-electron chi connectivity index (χ3n) is 2.92. The van der Waals surface area contributed by atoms with Crippen LogP contribution >= 0.6 is 0 Å². The second-order valence-corrected chi connectivity index (χ2v) is 4.34. The molecule has 1 aromatic carbocycles. The molecule has 0 unspecified atom stereocenters. The Labute approximate surface area is 104 Å². The van der Waals surface area contributed by atoms with E-state index in [1.165, 1.54) is 0 Å². The van der Waals surface area contributed by atoms with E-state index in [-0.39, 0.29) is 5.56 Å². The summed E-state index contributed by atoms with van der Waals surface area (Å²) in [5.41, 5.74) is 3.36. The quantitative estimate of drug-likeness (QED) is 0.652. The van der Waals surface area contributed by atoms with Gasteiger partial charge in [-0.3, -0.25) is 4.79 Å². The average Bonchev–Trinajstić information content (AvgIpc) is 2.66. The number of rotatable bonds is 1. The summed E-state index contributed by atoms with van der Waals surface area (Å²) >= 11 is 0. The van der Waals surface area contributed by atoms with E-state index < -0.39 is 0 Å². The summed E-state index contributed by atoms with van der Waals surface area (Å²) < 4.78 is 3.47. The summed E-state index contributed by atoms with van der Waals surface area (Å²) in [6.45, 7) is 3.90. The van der Waals surface area contributed by atoms with Crippen LogP contribution in [-0.2, 0) is 0 Å². The predicted molar refractivity (Wildman–Crippen MR) is 70.3 cm³/mol. The summed E-state index contributed by atoms with van der Waals surface area (Å²) in [7, 11) is 0. The van der Waals surface area contributed by atoms with Crippen LogP contribution in [0.1, 0.15) is 11.4 Å². The van der Waals surface area contributed by atoms with E-state index in [1.807, 2.05) is 54.8 Å². The third-order valence-corrected chi connectivity index (χ3v) is 2.92. The van der Waals surface area contributed by atoms with E-state index in [9.17, 15) is 4.79 Å².